The highest BCUT2D eigenvalue weighted by Gasteiger charge is 2.20. The summed E-state index contributed by atoms with van der Waals surface area (Å²) in [5, 5.41) is 14.0. The number of halogens is 1. The molecule has 0 saturated carbocycles. The number of aryl methyl sites for hydroxylation is 2. The molecule has 1 aliphatic rings. The second-order valence-corrected chi connectivity index (χ2v) is 7.21. The Bertz CT molecular complexity index is 661. The molecule has 0 aromatic carbocycles. The maximum Gasteiger partial charge on any atom is 0.194 e. The van der Waals surface area contributed by atoms with Crippen LogP contribution in [0.15, 0.2) is 28.7 Å². The van der Waals surface area contributed by atoms with Crippen molar-refractivity contribution in [1.29, 1.82) is 0 Å². The molecule has 0 atom stereocenters. The summed E-state index contributed by atoms with van der Waals surface area (Å²) in [5.41, 5.74) is 2.46. The number of H-pyrrole nitrogens is 1. The second-order valence-electron chi connectivity index (χ2n) is 6.28. The van der Waals surface area contributed by atoms with Gasteiger partial charge in [0.2, 0.25) is 0 Å². The Kier molecular flexibility index (Phi) is 8.70. The van der Waals surface area contributed by atoms with Gasteiger partial charge in [0, 0.05) is 45.0 Å². The van der Waals surface area contributed by atoms with Gasteiger partial charge in [0.05, 0.1) is 11.2 Å². The van der Waals surface area contributed by atoms with Crippen LogP contribution >= 0.6 is 35.3 Å². The van der Waals surface area contributed by atoms with Gasteiger partial charge in [-0.05, 0) is 49.8 Å². The summed E-state index contributed by atoms with van der Waals surface area (Å²) in [7, 11) is 0. The number of thiophene rings is 1. The number of nitrogens with one attached hydrogen (secondary N) is 2. The topological polar surface area (TPSA) is 59.6 Å². The monoisotopic (exact) mass is 488 g/mol. The van der Waals surface area contributed by atoms with E-state index in [9.17, 15) is 0 Å². The number of aromatic nitrogens is 2. The number of guanidine groups is 1. The third-order valence-electron chi connectivity index (χ3n) is 4.53. The van der Waals surface area contributed by atoms with E-state index in [0.29, 0.717) is 0 Å². The van der Waals surface area contributed by atoms with Gasteiger partial charge >= 0.3 is 0 Å². The Balaban J connectivity index is 0.00000243. The number of anilines is 1. The predicted molar refractivity (Wildman–Crippen MR) is 121 cm³/mol. The minimum atomic E-state index is 0. The summed E-state index contributed by atoms with van der Waals surface area (Å²) in [6, 6.07) is 4.33. The summed E-state index contributed by atoms with van der Waals surface area (Å²) in [4.78, 5) is 9.69. The normalized spacial score (nSPS) is 15.1. The van der Waals surface area contributed by atoms with Gasteiger partial charge in [-0.2, -0.15) is 5.10 Å². The van der Waals surface area contributed by atoms with Crippen LogP contribution in [0.3, 0.4) is 0 Å². The summed E-state index contributed by atoms with van der Waals surface area (Å²) in [6.45, 7) is 10.1. The average molecular weight is 488 g/mol. The fourth-order valence-electron chi connectivity index (χ4n) is 3.10. The van der Waals surface area contributed by atoms with Crippen LogP contribution in [-0.2, 0) is 6.42 Å². The highest BCUT2D eigenvalue weighted by atomic mass is 127. The fourth-order valence-corrected chi connectivity index (χ4v) is 3.88. The minimum Gasteiger partial charge on any atom is -0.360 e. The van der Waals surface area contributed by atoms with E-state index < -0.39 is 0 Å². The SMILES string of the molecule is CCNC(=NCCCc1cn[nH]c1C)N1CCN(c2cccs2)CC1.I. The van der Waals surface area contributed by atoms with Crippen molar-refractivity contribution in [3.63, 3.8) is 0 Å². The van der Waals surface area contributed by atoms with Crippen LogP contribution in [0.2, 0.25) is 0 Å². The molecule has 3 heterocycles. The number of hydrogen-bond acceptors (Lipinski definition) is 4. The molecule has 6 nitrogen and oxygen atoms in total. The fraction of sp³-hybridized carbons (Fsp3) is 0.556. The molecular weight excluding hydrogens is 459 g/mol. The first-order valence-corrected chi connectivity index (χ1v) is 9.96. The van der Waals surface area contributed by atoms with Crippen molar-refractivity contribution in [3.8, 4) is 0 Å². The van der Waals surface area contributed by atoms with Crippen molar-refractivity contribution in [3.05, 3.63) is 35.0 Å². The lowest BCUT2D eigenvalue weighted by molar-refractivity contribution is 0.373. The summed E-state index contributed by atoms with van der Waals surface area (Å²) >= 11 is 1.82. The molecule has 8 heteroatoms. The van der Waals surface area contributed by atoms with Crippen LogP contribution in [0.25, 0.3) is 0 Å². The van der Waals surface area contributed by atoms with Gasteiger partial charge < -0.3 is 15.1 Å². The Labute approximate surface area is 177 Å². The molecule has 3 rings (SSSR count). The van der Waals surface area contributed by atoms with Crippen LogP contribution in [0.1, 0.15) is 24.6 Å². The zero-order chi connectivity index (χ0) is 17.5. The molecule has 0 aliphatic carbocycles. The zero-order valence-corrected chi connectivity index (χ0v) is 18.7. The van der Waals surface area contributed by atoms with E-state index in [0.717, 1.165) is 58.1 Å². The highest BCUT2D eigenvalue weighted by Crippen LogP contribution is 2.22. The standard InChI is InChI=1S/C18H28N6S.HI/c1-3-19-18(20-8-4-6-16-14-21-22-15(16)2)24-11-9-23(10-12-24)17-7-5-13-25-17;/h5,7,13-14H,3-4,6,8-12H2,1-2H3,(H,19,20)(H,21,22);1H. The molecule has 26 heavy (non-hydrogen) atoms. The van der Waals surface area contributed by atoms with E-state index in [4.69, 9.17) is 4.99 Å². The van der Waals surface area contributed by atoms with Crippen molar-refractivity contribution in [2.75, 3.05) is 44.2 Å². The van der Waals surface area contributed by atoms with E-state index in [1.165, 1.54) is 16.3 Å². The minimum absolute atomic E-state index is 0. The molecule has 2 aromatic rings. The molecule has 0 spiro atoms. The number of aliphatic imine (C=N–C) groups is 1. The first-order valence-electron chi connectivity index (χ1n) is 9.08. The Morgan fingerprint density at radius 3 is 2.77 bits per heavy atom. The first kappa shape index (κ1) is 21.0. The lowest BCUT2D eigenvalue weighted by Crippen LogP contribution is -2.52. The molecule has 0 bridgehead atoms. The molecule has 1 aliphatic heterocycles. The number of piperazine rings is 1. The smallest absolute Gasteiger partial charge is 0.194 e. The van der Waals surface area contributed by atoms with E-state index in [1.54, 1.807) is 0 Å². The van der Waals surface area contributed by atoms with Crippen LogP contribution < -0.4 is 10.2 Å². The van der Waals surface area contributed by atoms with Gasteiger partial charge in [0.15, 0.2) is 5.96 Å². The predicted octanol–water partition coefficient (Wildman–Crippen LogP) is 3.12. The Morgan fingerprint density at radius 1 is 1.35 bits per heavy atom. The number of rotatable bonds is 6. The van der Waals surface area contributed by atoms with Crippen LogP contribution in [0.5, 0.6) is 0 Å². The van der Waals surface area contributed by atoms with Crippen molar-refractivity contribution in [2.45, 2.75) is 26.7 Å². The molecular formula is C18H29IN6S. The van der Waals surface area contributed by atoms with Crippen LogP contribution in [-0.4, -0.2) is 60.3 Å². The summed E-state index contributed by atoms with van der Waals surface area (Å²) < 4.78 is 0. The van der Waals surface area contributed by atoms with Crippen molar-refractivity contribution in [1.82, 2.24) is 20.4 Å². The summed E-state index contributed by atoms with van der Waals surface area (Å²) in [5.74, 6) is 1.05. The molecule has 2 aromatic heterocycles. The third-order valence-corrected chi connectivity index (χ3v) is 5.46. The van der Waals surface area contributed by atoms with Gasteiger partial charge in [-0.1, -0.05) is 0 Å². The lowest BCUT2D eigenvalue weighted by atomic mass is 10.1. The van der Waals surface area contributed by atoms with E-state index in [2.05, 4.69) is 56.7 Å². The molecule has 0 amide bonds. The molecule has 0 unspecified atom stereocenters. The van der Waals surface area contributed by atoms with Gasteiger partial charge in [-0.3, -0.25) is 10.1 Å². The van der Waals surface area contributed by atoms with E-state index in [1.807, 2.05) is 17.5 Å². The zero-order valence-electron chi connectivity index (χ0n) is 15.6. The van der Waals surface area contributed by atoms with Crippen molar-refractivity contribution >= 4 is 46.3 Å². The molecule has 0 radical (unpaired) electrons. The van der Waals surface area contributed by atoms with E-state index in [-0.39, 0.29) is 24.0 Å². The van der Waals surface area contributed by atoms with E-state index >= 15 is 0 Å². The van der Waals surface area contributed by atoms with Gasteiger partial charge in [0.1, 0.15) is 0 Å². The van der Waals surface area contributed by atoms with Gasteiger partial charge in [0.25, 0.3) is 0 Å². The van der Waals surface area contributed by atoms with Crippen molar-refractivity contribution < 1.29 is 0 Å². The van der Waals surface area contributed by atoms with Crippen LogP contribution in [0, 0.1) is 6.92 Å². The molecule has 2 N–H and O–H groups in total. The number of hydrogen-bond donors (Lipinski definition) is 2. The highest BCUT2D eigenvalue weighted by molar-refractivity contribution is 14.0. The number of nitrogens with zero attached hydrogens (tertiary/aromatic N) is 4. The maximum atomic E-state index is 4.84. The maximum absolute atomic E-state index is 4.84. The van der Waals surface area contributed by atoms with Crippen molar-refractivity contribution in [2.24, 2.45) is 4.99 Å². The largest absolute Gasteiger partial charge is 0.360 e. The number of aromatic amines is 1. The van der Waals surface area contributed by atoms with Gasteiger partial charge in [-0.15, -0.1) is 35.3 Å². The average Bonchev–Trinajstić information content (AvgIpc) is 3.30. The second kappa shape index (κ2) is 10.8. The quantitative estimate of drug-likeness (QED) is 0.284. The van der Waals surface area contributed by atoms with Crippen LogP contribution in [0.4, 0.5) is 5.00 Å². The van der Waals surface area contributed by atoms with Gasteiger partial charge in [-0.25, -0.2) is 0 Å². The summed E-state index contributed by atoms with van der Waals surface area (Å²) in [6.07, 6.45) is 4.00. The molecule has 1 saturated heterocycles. The first-order chi connectivity index (χ1) is 12.3. The third kappa shape index (κ3) is 5.60. The lowest BCUT2D eigenvalue weighted by Gasteiger charge is -2.37. The Morgan fingerprint density at radius 2 is 2.15 bits per heavy atom. The Hall–Kier alpha value is -1.29. The molecule has 1 fully saturated rings. The molecule has 144 valence electrons.